The van der Waals surface area contributed by atoms with E-state index in [1.54, 1.807) is 33.5 Å². The summed E-state index contributed by atoms with van der Waals surface area (Å²) >= 11 is 3.63. The molecular weight excluding hydrogens is 360 g/mol. The van der Waals surface area contributed by atoms with Crippen molar-refractivity contribution < 1.29 is 22.6 Å². The van der Waals surface area contributed by atoms with Gasteiger partial charge in [-0.15, -0.1) is 0 Å². The summed E-state index contributed by atoms with van der Waals surface area (Å²) in [6.45, 7) is 0. The summed E-state index contributed by atoms with van der Waals surface area (Å²) in [7, 11) is 1.78. The normalized spacial score (nSPS) is 21.8. The topological polar surface area (TPSA) is 61.8 Å². The summed E-state index contributed by atoms with van der Waals surface area (Å²) in [5.74, 6) is 2.30. The molecule has 1 aromatic carbocycles. The molecule has 7 heteroatoms. The molecule has 1 aromatic rings. The summed E-state index contributed by atoms with van der Waals surface area (Å²) in [6, 6.07) is 3.55. The van der Waals surface area contributed by atoms with E-state index in [1.165, 1.54) is 0 Å². The van der Waals surface area contributed by atoms with E-state index in [1.807, 2.05) is 0 Å². The second-order valence-corrected chi connectivity index (χ2v) is 8.23. The summed E-state index contributed by atoms with van der Waals surface area (Å²) in [6.07, 6.45) is 0.636. The van der Waals surface area contributed by atoms with Crippen molar-refractivity contribution in [1.82, 2.24) is 0 Å². The smallest absolute Gasteiger partial charge is 0.150 e. The molecule has 5 nitrogen and oxygen atoms in total. The highest BCUT2D eigenvalue weighted by Crippen LogP contribution is 2.47. The van der Waals surface area contributed by atoms with Gasteiger partial charge in [-0.25, -0.2) is 8.42 Å². The minimum Gasteiger partial charge on any atom is -0.496 e. The van der Waals surface area contributed by atoms with Gasteiger partial charge in [0, 0.05) is 12.1 Å². The SMILES string of the molecule is COc1cc(OC)c(C(Br)C2CCS(=O)(=O)C2)c(OC)c1. The fraction of sp³-hybridized carbons (Fsp3) is 0.571. The number of rotatable bonds is 5. The van der Waals surface area contributed by atoms with Crippen molar-refractivity contribution in [3.63, 3.8) is 0 Å². The van der Waals surface area contributed by atoms with Crippen molar-refractivity contribution in [3.8, 4) is 17.2 Å². The summed E-state index contributed by atoms with van der Waals surface area (Å²) in [5.41, 5.74) is 0.822. The van der Waals surface area contributed by atoms with Crippen LogP contribution in [0.2, 0.25) is 0 Å². The van der Waals surface area contributed by atoms with Crippen molar-refractivity contribution in [1.29, 1.82) is 0 Å². The van der Waals surface area contributed by atoms with Crippen LogP contribution in [0.1, 0.15) is 16.8 Å². The van der Waals surface area contributed by atoms with E-state index in [0.717, 1.165) is 5.56 Å². The van der Waals surface area contributed by atoms with E-state index < -0.39 is 9.84 Å². The molecule has 21 heavy (non-hydrogen) atoms. The number of halogens is 1. The molecule has 0 saturated carbocycles. The third kappa shape index (κ3) is 3.45. The standard InChI is InChI=1S/C14H19BrO5S/c1-18-10-6-11(19-2)13(12(7-10)20-3)14(15)9-4-5-21(16,17)8-9/h6-7,9,14H,4-5,8H2,1-3H3. The zero-order valence-corrected chi connectivity index (χ0v) is 14.7. The Morgan fingerprint density at radius 2 is 1.71 bits per heavy atom. The molecule has 0 N–H and O–H groups in total. The molecule has 1 aliphatic rings. The summed E-state index contributed by atoms with van der Waals surface area (Å²) < 4.78 is 39.4. The van der Waals surface area contributed by atoms with E-state index in [2.05, 4.69) is 15.9 Å². The quantitative estimate of drug-likeness (QED) is 0.736. The molecule has 1 aliphatic heterocycles. The molecule has 0 aromatic heterocycles. The van der Waals surface area contributed by atoms with Gasteiger partial charge in [0.15, 0.2) is 9.84 Å². The molecule has 0 radical (unpaired) electrons. The van der Waals surface area contributed by atoms with Crippen molar-refractivity contribution in [2.45, 2.75) is 11.2 Å². The van der Waals surface area contributed by atoms with E-state index in [-0.39, 0.29) is 22.3 Å². The van der Waals surface area contributed by atoms with Crippen LogP contribution < -0.4 is 14.2 Å². The number of alkyl halides is 1. The Bertz CT molecular complexity index is 589. The Hall–Kier alpha value is -0.950. The lowest BCUT2D eigenvalue weighted by molar-refractivity contribution is 0.364. The first kappa shape index (κ1) is 16.4. The van der Waals surface area contributed by atoms with Crippen LogP contribution in [-0.2, 0) is 9.84 Å². The van der Waals surface area contributed by atoms with Crippen LogP contribution in [0.3, 0.4) is 0 Å². The third-order valence-corrected chi connectivity index (χ3v) is 6.71. The Kier molecular flexibility index (Phi) is 5.03. The van der Waals surface area contributed by atoms with Crippen LogP contribution in [0.5, 0.6) is 17.2 Å². The third-order valence-electron chi connectivity index (χ3n) is 3.71. The fourth-order valence-corrected chi connectivity index (χ4v) is 5.58. The molecule has 2 atom stereocenters. The van der Waals surface area contributed by atoms with Crippen molar-refractivity contribution in [3.05, 3.63) is 17.7 Å². The molecule has 1 fully saturated rings. The minimum absolute atomic E-state index is 0.00574. The zero-order valence-electron chi connectivity index (χ0n) is 12.3. The molecule has 0 amide bonds. The van der Waals surface area contributed by atoms with Gasteiger partial charge in [0.25, 0.3) is 0 Å². The molecule has 118 valence electrons. The van der Waals surface area contributed by atoms with Crippen LogP contribution in [0, 0.1) is 5.92 Å². The van der Waals surface area contributed by atoms with Gasteiger partial charge >= 0.3 is 0 Å². The molecule has 1 saturated heterocycles. The molecule has 0 spiro atoms. The minimum atomic E-state index is -2.94. The Balaban J connectivity index is 2.42. The fourth-order valence-electron chi connectivity index (χ4n) is 2.59. The van der Waals surface area contributed by atoms with Gasteiger partial charge in [0.2, 0.25) is 0 Å². The lowest BCUT2D eigenvalue weighted by Gasteiger charge is -2.22. The maximum atomic E-state index is 11.7. The van der Waals surface area contributed by atoms with Gasteiger partial charge in [0.05, 0.1) is 43.2 Å². The Morgan fingerprint density at radius 1 is 1.14 bits per heavy atom. The summed E-state index contributed by atoms with van der Waals surface area (Å²) in [4.78, 5) is -0.148. The summed E-state index contributed by atoms with van der Waals surface area (Å²) in [5, 5.41) is 0. The Morgan fingerprint density at radius 3 is 2.10 bits per heavy atom. The highest BCUT2D eigenvalue weighted by Gasteiger charge is 2.36. The first-order valence-corrected chi connectivity index (χ1v) is 9.30. The second-order valence-electron chi connectivity index (χ2n) is 5.01. The zero-order chi connectivity index (χ0) is 15.6. The number of hydrogen-bond donors (Lipinski definition) is 0. The lowest BCUT2D eigenvalue weighted by Crippen LogP contribution is -2.12. The van der Waals surface area contributed by atoms with Gasteiger partial charge in [-0.2, -0.15) is 0 Å². The number of methoxy groups -OCH3 is 3. The second kappa shape index (κ2) is 6.44. The average Bonchev–Trinajstić information content (AvgIpc) is 2.85. The maximum absolute atomic E-state index is 11.7. The monoisotopic (exact) mass is 378 g/mol. The van der Waals surface area contributed by atoms with Crippen molar-refractivity contribution >= 4 is 25.8 Å². The Labute approximate surface area is 133 Å². The largest absolute Gasteiger partial charge is 0.496 e. The predicted molar refractivity (Wildman–Crippen MR) is 84.5 cm³/mol. The molecule has 2 unspecified atom stereocenters. The molecule has 1 heterocycles. The highest BCUT2D eigenvalue weighted by atomic mass is 79.9. The highest BCUT2D eigenvalue weighted by molar-refractivity contribution is 9.09. The number of sulfone groups is 1. The van der Waals surface area contributed by atoms with Gasteiger partial charge in [-0.1, -0.05) is 15.9 Å². The van der Waals surface area contributed by atoms with E-state index in [4.69, 9.17) is 14.2 Å². The van der Waals surface area contributed by atoms with Crippen molar-refractivity contribution in [2.24, 2.45) is 5.92 Å². The van der Waals surface area contributed by atoms with Gasteiger partial charge in [-0.3, -0.25) is 0 Å². The number of hydrogen-bond acceptors (Lipinski definition) is 5. The van der Waals surface area contributed by atoms with Crippen LogP contribution >= 0.6 is 15.9 Å². The first-order chi connectivity index (χ1) is 9.91. The molecule has 0 aliphatic carbocycles. The molecule has 2 rings (SSSR count). The van der Waals surface area contributed by atoms with Gasteiger partial charge in [-0.05, 0) is 12.3 Å². The van der Waals surface area contributed by atoms with E-state index in [9.17, 15) is 8.42 Å². The molecular formula is C14H19BrO5S. The van der Waals surface area contributed by atoms with E-state index in [0.29, 0.717) is 23.7 Å². The lowest BCUT2D eigenvalue weighted by atomic mass is 9.97. The maximum Gasteiger partial charge on any atom is 0.150 e. The number of ether oxygens (including phenoxy) is 3. The van der Waals surface area contributed by atoms with Crippen LogP contribution in [-0.4, -0.2) is 41.3 Å². The first-order valence-electron chi connectivity index (χ1n) is 6.56. The number of benzene rings is 1. The van der Waals surface area contributed by atoms with Crippen LogP contribution in [0.25, 0.3) is 0 Å². The van der Waals surface area contributed by atoms with Crippen LogP contribution in [0.15, 0.2) is 12.1 Å². The molecule has 0 bridgehead atoms. The average molecular weight is 379 g/mol. The predicted octanol–water partition coefficient (Wildman–Crippen LogP) is 2.58. The van der Waals surface area contributed by atoms with Gasteiger partial charge < -0.3 is 14.2 Å². The van der Waals surface area contributed by atoms with Crippen molar-refractivity contribution in [2.75, 3.05) is 32.8 Å². The van der Waals surface area contributed by atoms with E-state index >= 15 is 0 Å². The van der Waals surface area contributed by atoms with Crippen LogP contribution in [0.4, 0.5) is 0 Å². The van der Waals surface area contributed by atoms with Gasteiger partial charge in [0.1, 0.15) is 17.2 Å².